The average Bonchev–Trinajstić information content (AvgIpc) is 2.45. The predicted octanol–water partition coefficient (Wildman–Crippen LogP) is 1.77. The summed E-state index contributed by atoms with van der Waals surface area (Å²) in [5.74, 6) is -2.00. The number of anilines is 2. The fourth-order valence-electron chi connectivity index (χ4n) is 1.99. The molecule has 0 radical (unpaired) electrons. The van der Waals surface area contributed by atoms with Gasteiger partial charge < -0.3 is 9.64 Å². The maximum atomic E-state index is 13.2. The molecule has 2 aromatic rings. The topological polar surface area (TPSA) is 84.4 Å². The summed E-state index contributed by atoms with van der Waals surface area (Å²) in [6.07, 6.45) is 1.25. The van der Waals surface area contributed by atoms with Crippen molar-refractivity contribution in [1.82, 2.24) is 9.97 Å². The van der Waals surface area contributed by atoms with Crippen LogP contribution in [0, 0.1) is 11.6 Å². The molecule has 0 bridgehead atoms. The molecule has 0 saturated carbocycles. The highest BCUT2D eigenvalue weighted by molar-refractivity contribution is 7.91. The number of nitrogens with zero attached hydrogens (tertiary/aromatic N) is 3. The number of sulfonamides is 1. The van der Waals surface area contributed by atoms with E-state index in [0.29, 0.717) is 6.07 Å². The van der Waals surface area contributed by atoms with Crippen molar-refractivity contribution >= 4 is 21.5 Å². The SMILES string of the molecule is COc1ncc(NS(=O)(=O)Cc2cc(F)cc(F)c2)c(N(C)C)n1. The van der Waals surface area contributed by atoms with E-state index in [1.54, 1.807) is 19.0 Å². The molecule has 1 aromatic carbocycles. The van der Waals surface area contributed by atoms with Gasteiger partial charge in [0, 0.05) is 20.2 Å². The van der Waals surface area contributed by atoms with E-state index in [0.717, 1.165) is 12.1 Å². The lowest BCUT2D eigenvalue weighted by molar-refractivity contribution is 0.380. The van der Waals surface area contributed by atoms with Crippen molar-refractivity contribution in [2.75, 3.05) is 30.8 Å². The van der Waals surface area contributed by atoms with Crippen LogP contribution in [0.25, 0.3) is 0 Å². The van der Waals surface area contributed by atoms with Crippen LogP contribution in [0.4, 0.5) is 20.3 Å². The van der Waals surface area contributed by atoms with Gasteiger partial charge in [-0.15, -0.1) is 0 Å². The van der Waals surface area contributed by atoms with Crippen molar-refractivity contribution in [2.24, 2.45) is 0 Å². The fourth-order valence-corrected chi connectivity index (χ4v) is 3.14. The van der Waals surface area contributed by atoms with Gasteiger partial charge in [0.15, 0.2) is 5.82 Å². The van der Waals surface area contributed by atoms with Crippen LogP contribution in [0.2, 0.25) is 0 Å². The van der Waals surface area contributed by atoms with E-state index in [9.17, 15) is 17.2 Å². The van der Waals surface area contributed by atoms with Gasteiger partial charge in [-0.1, -0.05) is 0 Å². The lowest BCUT2D eigenvalue weighted by Crippen LogP contribution is -2.20. The monoisotopic (exact) mass is 358 g/mol. The molecule has 1 N–H and O–H groups in total. The molecule has 10 heteroatoms. The zero-order valence-corrected chi connectivity index (χ0v) is 14.1. The molecular weight excluding hydrogens is 342 g/mol. The highest BCUT2D eigenvalue weighted by atomic mass is 32.2. The number of aromatic nitrogens is 2. The summed E-state index contributed by atoms with van der Waals surface area (Å²) >= 11 is 0. The van der Waals surface area contributed by atoms with Crippen LogP contribution in [0.1, 0.15) is 5.56 Å². The van der Waals surface area contributed by atoms with Gasteiger partial charge in [0.2, 0.25) is 10.0 Å². The minimum Gasteiger partial charge on any atom is -0.467 e. The Balaban J connectivity index is 2.29. The van der Waals surface area contributed by atoms with Crippen LogP contribution in [0.15, 0.2) is 24.4 Å². The van der Waals surface area contributed by atoms with Crippen LogP contribution >= 0.6 is 0 Å². The van der Waals surface area contributed by atoms with Gasteiger partial charge in [-0.05, 0) is 17.7 Å². The van der Waals surface area contributed by atoms with Crippen molar-refractivity contribution in [1.29, 1.82) is 0 Å². The Labute approximate surface area is 138 Å². The molecule has 0 amide bonds. The molecule has 0 aliphatic heterocycles. The van der Waals surface area contributed by atoms with Crippen LogP contribution in [-0.4, -0.2) is 39.6 Å². The molecule has 0 spiro atoms. The average molecular weight is 358 g/mol. The van der Waals surface area contributed by atoms with Gasteiger partial charge in [-0.25, -0.2) is 22.2 Å². The lowest BCUT2D eigenvalue weighted by Gasteiger charge is -2.17. The number of hydrogen-bond donors (Lipinski definition) is 1. The second-order valence-corrected chi connectivity index (χ2v) is 6.85. The largest absolute Gasteiger partial charge is 0.467 e. The van der Waals surface area contributed by atoms with E-state index >= 15 is 0 Å². The third kappa shape index (κ3) is 4.51. The summed E-state index contributed by atoms with van der Waals surface area (Å²) in [7, 11) is 0.795. The maximum absolute atomic E-state index is 13.2. The Morgan fingerprint density at radius 1 is 1.21 bits per heavy atom. The summed E-state index contributed by atoms with van der Waals surface area (Å²) in [4.78, 5) is 9.48. The minimum atomic E-state index is -3.93. The number of halogens is 2. The third-order valence-electron chi connectivity index (χ3n) is 2.90. The highest BCUT2D eigenvalue weighted by Crippen LogP contribution is 2.24. The smallest absolute Gasteiger partial charge is 0.318 e. The predicted molar refractivity (Wildman–Crippen MR) is 85.5 cm³/mol. The molecule has 0 saturated heterocycles. The summed E-state index contributed by atoms with van der Waals surface area (Å²) in [5, 5.41) is 0. The third-order valence-corrected chi connectivity index (χ3v) is 4.14. The van der Waals surface area contributed by atoms with Gasteiger partial charge in [0.05, 0.1) is 19.1 Å². The number of hydrogen-bond acceptors (Lipinski definition) is 6. The second kappa shape index (κ2) is 6.95. The zero-order valence-electron chi connectivity index (χ0n) is 13.2. The number of ether oxygens (including phenoxy) is 1. The molecular formula is C14H16F2N4O3S. The minimum absolute atomic E-state index is 0.0131. The Kier molecular flexibility index (Phi) is 5.17. The Hall–Kier alpha value is -2.49. The molecule has 130 valence electrons. The van der Waals surface area contributed by atoms with Crippen LogP contribution in [0.5, 0.6) is 6.01 Å². The lowest BCUT2D eigenvalue weighted by atomic mass is 10.2. The fraction of sp³-hybridized carbons (Fsp3) is 0.286. The first-order chi connectivity index (χ1) is 11.2. The van der Waals surface area contributed by atoms with Crippen LogP contribution < -0.4 is 14.4 Å². The summed E-state index contributed by atoms with van der Waals surface area (Å²) in [6.45, 7) is 0. The van der Waals surface area contributed by atoms with Crippen molar-refractivity contribution in [3.63, 3.8) is 0 Å². The first kappa shape index (κ1) is 17.9. The van der Waals surface area contributed by atoms with E-state index in [4.69, 9.17) is 4.74 Å². The maximum Gasteiger partial charge on any atom is 0.318 e. The molecule has 0 aliphatic carbocycles. The van der Waals surface area contributed by atoms with Crippen LogP contribution in [-0.2, 0) is 15.8 Å². The van der Waals surface area contributed by atoms with Crippen molar-refractivity contribution < 1.29 is 21.9 Å². The van der Waals surface area contributed by atoms with Crippen molar-refractivity contribution in [2.45, 2.75) is 5.75 Å². The van der Waals surface area contributed by atoms with Gasteiger partial charge >= 0.3 is 6.01 Å². The molecule has 24 heavy (non-hydrogen) atoms. The van der Waals surface area contributed by atoms with Gasteiger partial charge in [-0.3, -0.25) is 4.72 Å². The first-order valence-corrected chi connectivity index (χ1v) is 8.39. The number of rotatable bonds is 6. The van der Waals surface area contributed by atoms with E-state index in [1.807, 2.05) is 0 Å². The van der Waals surface area contributed by atoms with Gasteiger partial charge in [0.1, 0.15) is 17.3 Å². The van der Waals surface area contributed by atoms with E-state index in [-0.39, 0.29) is 23.1 Å². The second-order valence-electron chi connectivity index (χ2n) is 5.13. The van der Waals surface area contributed by atoms with Gasteiger partial charge in [0.25, 0.3) is 0 Å². The molecule has 0 fully saturated rings. The molecule has 0 atom stereocenters. The Morgan fingerprint density at radius 3 is 2.38 bits per heavy atom. The highest BCUT2D eigenvalue weighted by Gasteiger charge is 2.18. The molecule has 2 rings (SSSR count). The first-order valence-electron chi connectivity index (χ1n) is 6.74. The van der Waals surface area contributed by atoms with Crippen molar-refractivity contribution in [3.05, 3.63) is 41.6 Å². The van der Waals surface area contributed by atoms with E-state index in [2.05, 4.69) is 14.7 Å². The molecule has 7 nitrogen and oxygen atoms in total. The Morgan fingerprint density at radius 2 is 1.83 bits per heavy atom. The number of methoxy groups -OCH3 is 1. The van der Waals surface area contributed by atoms with E-state index in [1.165, 1.54) is 13.3 Å². The summed E-state index contributed by atoms with van der Waals surface area (Å²) in [6, 6.07) is 2.67. The summed E-state index contributed by atoms with van der Waals surface area (Å²) in [5.41, 5.74) is 0.110. The molecule has 1 aromatic heterocycles. The molecule has 1 heterocycles. The zero-order chi connectivity index (χ0) is 17.9. The molecule has 0 unspecified atom stereocenters. The van der Waals surface area contributed by atoms with E-state index < -0.39 is 27.4 Å². The Bertz CT molecular complexity index is 824. The standard InChI is InChI=1S/C14H16F2N4O3S/c1-20(2)13-12(7-17-14(18-13)23-3)19-24(21,22)8-9-4-10(15)6-11(16)5-9/h4-7,19H,8H2,1-3H3. The number of benzene rings is 1. The van der Waals surface area contributed by atoms with Gasteiger partial charge in [-0.2, -0.15) is 4.98 Å². The quantitative estimate of drug-likeness (QED) is 0.847. The summed E-state index contributed by atoms with van der Waals surface area (Å²) < 4.78 is 58.1. The number of nitrogens with one attached hydrogen (secondary N) is 1. The molecule has 0 aliphatic rings. The van der Waals surface area contributed by atoms with Crippen molar-refractivity contribution in [3.8, 4) is 6.01 Å². The van der Waals surface area contributed by atoms with Crippen LogP contribution in [0.3, 0.4) is 0 Å². The normalized spacial score (nSPS) is 11.2.